The molecule has 4 heteroatoms. The maximum Gasteiger partial charge on any atom is 0.275 e. The molecule has 0 fully saturated rings. The third kappa shape index (κ3) is 3.48. The standard InChI is InChI=1S/C9H11N3O/c10-6-9(13)12-11-7-8-4-2-1-3-5-8/h1-6,10-11H,7H2,(H,12,13). The molecule has 0 bridgehead atoms. The molecule has 0 aliphatic heterocycles. The molecule has 0 atom stereocenters. The molecule has 13 heavy (non-hydrogen) atoms. The number of hydrazine groups is 1. The van der Waals surface area contributed by atoms with Gasteiger partial charge in [-0.3, -0.25) is 10.2 Å². The lowest BCUT2D eigenvalue weighted by Crippen LogP contribution is -2.37. The number of nitrogens with one attached hydrogen (secondary N) is 3. The Morgan fingerprint density at radius 1 is 1.38 bits per heavy atom. The van der Waals surface area contributed by atoms with Crippen molar-refractivity contribution < 1.29 is 4.79 Å². The largest absolute Gasteiger partial charge is 0.303 e. The van der Waals surface area contributed by atoms with Crippen molar-refractivity contribution in [3.05, 3.63) is 35.9 Å². The van der Waals surface area contributed by atoms with Gasteiger partial charge in [0.2, 0.25) is 0 Å². The van der Waals surface area contributed by atoms with E-state index in [-0.39, 0.29) is 0 Å². The van der Waals surface area contributed by atoms with Gasteiger partial charge in [0.15, 0.2) is 0 Å². The van der Waals surface area contributed by atoms with Crippen LogP contribution in [0.3, 0.4) is 0 Å². The van der Waals surface area contributed by atoms with Crippen molar-refractivity contribution in [2.24, 2.45) is 0 Å². The minimum absolute atomic E-state index is 0.448. The summed E-state index contributed by atoms with van der Waals surface area (Å²) in [7, 11) is 0. The van der Waals surface area contributed by atoms with Gasteiger partial charge >= 0.3 is 0 Å². The summed E-state index contributed by atoms with van der Waals surface area (Å²) in [5.74, 6) is -0.448. The van der Waals surface area contributed by atoms with Gasteiger partial charge in [0.25, 0.3) is 5.91 Å². The summed E-state index contributed by atoms with van der Waals surface area (Å²) >= 11 is 0. The van der Waals surface area contributed by atoms with Crippen LogP contribution in [-0.2, 0) is 11.3 Å². The molecular formula is C9H11N3O. The second kappa shape index (κ2) is 5.05. The second-order valence-corrected chi connectivity index (χ2v) is 2.47. The van der Waals surface area contributed by atoms with E-state index in [0.717, 1.165) is 11.8 Å². The van der Waals surface area contributed by atoms with Crippen LogP contribution in [0.25, 0.3) is 0 Å². The predicted molar refractivity (Wildman–Crippen MR) is 50.2 cm³/mol. The summed E-state index contributed by atoms with van der Waals surface area (Å²) in [6.45, 7) is 0.556. The molecule has 3 N–H and O–H groups in total. The molecule has 0 heterocycles. The Labute approximate surface area is 76.4 Å². The quantitative estimate of drug-likeness (QED) is 0.462. The number of hydrogen-bond donors (Lipinski definition) is 3. The van der Waals surface area contributed by atoms with Crippen LogP contribution in [-0.4, -0.2) is 12.1 Å². The normalized spacial score (nSPS) is 9.23. The van der Waals surface area contributed by atoms with E-state index in [9.17, 15) is 4.79 Å². The van der Waals surface area contributed by atoms with Gasteiger partial charge in [0, 0.05) is 6.54 Å². The van der Waals surface area contributed by atoms with Crippen LogP contribution in [0.2, 0.25) is 0 Å². The zero-order valence-corrected chi connectivity index (χ0v) is 7.08. The molecule has 0 spiro atoms. The highest BCUT2D eigenvalue weighted by molar-refractivity contribution is 6.24. The average molecular weight is 177 g/mol. The van der Waals surface area contributed by atoms with E-state index >= 15 is 0 Å². The number of rotatable bonds is 4. The van der Waals surface area contributed by atoms with Crippen molar-refractivity contribution >= 4 is 12.1 Å². The zero-order valence-electron chi connectivity index (χ0n) is 7.08. The van der Waals surface area contributed by atoms with Crippen molar-refractivity contribution in [1.29, 1.82) is 5.41 Å². The molecule has 4 nitrogen and oxygen atoms in total. The van der Waals surface area contributed by atoms with Crippen LogP contribution in [0, 0.1) is 5.41 Å². The molecule has 0 saturated heterocycles. The van der Waals surface area contributed by atoms with E-state index in [1.807, 2.05) is 30.3 Å². The van der Waals surface area contributed by atoms with Crippen LogP contribution in [0.4, 0.5) is 0 Å². The third-order valence-corrected chi connectivity index (χ3v) is 1.48. The highest BCUT2D eigenvalue weighted by Gasteiger charge is 1.93. The van der Waals surface area contributed by atoms with Crippen LogP contribution in [0.15, 0.2) is 30.3 Å². The molecule has 0 aliphatic carbocycles. The van der Waals surface area contributed by atoms with Crippen LogP contribution >= 0.6 is 0 Å². The van der Waals surface area contributed by atoms with Crippen LogP contribution in [0.5, 0.6) is 0 Å². The van der Waals surface area contributed by atoms with E-state index in [1.54, 1.807) is 0 Å². The Bertz CT molecular complexity index is 284. The highest BCUT2D eigenvalue weighted by atomic mass is 16.2. The average Bonchev–Trinajstić information content (AvgIpc) is 2.19. The van der Waals surface area contributed by atoms with Crippen molar-refractivity contribution in [2.45, 2.75) is 6.54 Å². The molecule has 1 rings (SSSR count). The number of hydrogen-bond acceptors (Lipinski definition) is 3. The Morgan fingerprint density at radius 3 is 2.69 bits per heavy atom. The molecule has 68 valence electrons. The van der Waals surface area contributed by atoms with E-state index in [4.69, 9.17) is 5.41 Å². The minimum Gasteiger partial charge on any atom is -0.303 e. The number of amides is 1. The van der Waals surface area contributed by atoms with E-state index in [1.165, 1.54) is 0 Å². The maximum atomic E-state index is 10.6. The van der Waals surface area contributed by atoms with Crippen molar-refractivity contribution in [2.75, 3.05) is 0 Å². The predicted octanol–water partition coefficient (Wildman–Crippen LogP) is 0.457. The molecule has 0 saturated carbocycles. The second-order valence-electron chi connectivity index (χ2n) is 2.47. The molecule has 1 aromatic carbocycles. The van der Waals surface area contributed by atoms with Crippen LogP contribution in [0.1, 0.15) is 5.56 Å². The van der Waals surface area contributed by atoms with Crippen LogP contribution < -0.4 is 10.9 Å². The van der Waals surface area contributed by atoms with Gasteiger partial charge in [-0.2, -0.15) is 0 Å². The van der Waals surface area contributed by atoms with Crippen molar-refractivity contribution in [1.82, 2.24) is 10.9 Å². The molecule has 0 unspecified atom stereocenters. The Kier molecular flexibility index (Phi) is 3.66. The molecular weight excluding hydrogens is 166 g/mol. The fourth-order valence-corrected chi connectivity index (χ4v) is 0.865. The Morgan fingerprint density at radius 2 is 2.08 bits per heavy atom. The number of carbonyl (C=O) groups excluding carboxylic acids is 1. The summed E-state index contributed by atoms with van der Waals surface area (Å²) in [5.41, 5.74) is 6.13. The van der Waals surface area contributed by atoms with Gasteiger partial charge in [-0.1, -0.05) is 30.3 Å². The molecule has 0 radical (unpaired) electrons. The summed E-state index contributed by atoms with van der Waals surface area (Å²) in [6, 6.07) is 9.68. The Hall–Kier alpha value is -1.68. The van der Waals surface area contributed by atoms with Gasteiger partial charge in [0.05, 0.1) is 6.21 Å². The van der Waals surface area contributed by atoms with Crippen molar-refractivity contribution in [3.63, 3.8) is 0 Å². The number of benzene rings is 1. The van der Waals surface area contributed by atoms with Gasteiger partial charge in [0.1, 0.15) is 0 Å². The monoisotopic (exact) mass is 177 g/mol. The molecule has 1 amide bonds. The SMILES string of the molecule is N=CC(=O)NNCc1ccccc1. The Balaban J connectivity index is 2.28. The lowest BCUT2D eigenvalue weighted by molar-refractivity contribution is -0.115. The van der Waals surface area contributed by atoms with Gasteiger partial charge in [-0.05, 0) is 5.56 Å². The van der Waals surface area contributed by atoms with Crippen molar-refractivity contribution in [3.8, 4) is 0 Å². The zero-order chi connectivity index (χ0) is 9.52. The lowest BCUT2D eigenvalue weighted by atomic mass is 10.2. The summed E-state index contributed by atoms with van der Waals surface area (Å²) in [5, 5.41) is 6.61. The van der Waals surface area contributed by atoms with E-state index in [2.05, 4.69) is 10.9 Å². The summed E-state index contributed by atoms with van der Waals surface area (Å²) in [4.78, 5) is 10.6. The van der Waals surface area contributed by atoms with E-state index in [0.29, 0.717) is 6.54 Å². The first-order valence-corrected chi connectivity index (χ1v) is 3.90. The first-order valence-electron chi connectivity index (χ1n) is 3.90. The van der Waals surface area contributed by atoms with Gasteiger partial charge in [-0.15, -0.1) is 0 Å². The molecule has 1 aromatic rings. The maximum absolute atomic E-state index is 10.6. The lowest BCUT2D eigenvalue weighted by Gasteiger charge is -2.03. The smallest absolute Gasteiger partial charge is 0.275 e. The first kappa shape index (κ1) is 9.41. The summed E-state index contributed by atoms with van der Waals surface area (Å²) < 4.78 is 0. The summed E-state index contributed by atoms with van der Waals surface area (Å²) in [6.07, 6.45) is 0.720. The van der Waals surface area contributed by atoms with Gasteiger partial charge < -0.3 is 5.41 Å². The molecule has 0 aromatic heterocycles. The number of carbonyl (C=O) groups is 1. The third-order valence-electron chi connectivity index (χ3n) is 1.48. The fraction of sp³-hybridized carbons (Fsp3) is 0.111. The highest BCUT2D eigenvalue weighted by Crippen LogP contribution is 1.95. The van der Waals surface area contributed by atoms with E-state index < -0.39 is 5.91 Å². The molecule has 0 aliphatic rings. The topological polar surface area (TPSA) is 65.0 Å². The fourth-order valence-electron chi connectivity index (χ4n) is 0.865. The first-order chi connectivity index (χ1) is 6.33. The van der Waals surface area contributed by atoms with Gasteiger partial charge in [-0.25, -0.2) is 5.43 Å². The minimum atomic E-state index is -0.448.